The molecule has 2 aliphatic rings. The van der Waals surface area contributed by atoms with Crippen molar-refractivity contribution in [2.75, 3.05) is 18.0 Å². The van der Waals surface area contributed by atoms with E-state index < -0.39 is 46.5 Å². The largest absolute Gasteiger partial charge is 0.543 e. The molecule has 0 unspecified atom stereocenters. The highest BCUT2D eigenvalue weighted by molar-refractivity contribution is 8.00. The molecule has 2 aliphatic heterocycles. The first-order valence-electron chi connectivity index (χ1n) is 15.3. The topological polar surface area (TPSA) is 264 Å². The predicted molar refractivity (Wildman–Crippen MR) is 176 cm³/mol. The summed E-state index contributed by atoms with van der Waals surface area (Å²) >= 11 is 2.26. The molecule has 1 saturated heterocycles. The number of hydrogen-bond donors (Lipinski definition) is 3. The lowest BCUT2D eigenvalue weighted by atomic mass is 9.89. The van der Waals surface area contributed by atoms with Gasteiger partial charge in [-0.2, -0.15) is 4.37 Å². The van der Waals surface area contributed by atoms with E-state index in [-0.39, 0.29) is 61.0 Å². The second kappa shape index (κ2) is 15.7. The molecule has 20 heteroatoms. The van der Waals surface area contributed by atoms with Gasteiger partial charge in [-0.15, -0.1) is 21.1 Å². The number of anilines is 1. The molecule has 268 valence electrons. The third kappa shape index (κ3) is 8.59. The molecule has 50 heavy (non-hydrogen) atoms. The SMILES string of the molecule is Cc1nc(/C(=N/OC(C)(C)C(=O)O)C(=O)C[C@@H]2C(=O)N3C(C(=O)[O-])=C(C[n+]4cc(CC(=O)CCCN=CCC(=O)O)c(N)n4C)CS[C@H]23)ns1. The van der Waals surface area contributed by atoms with Crippen LogP contribution < -0.4 is 15.5 Å². The zero-order chi connectivity index (χ0) is 36.9. The zero-order valence-electron chi connectivity index (χ0n) is 27.7. The molecule has 0 saturated carbocycles. The summed E-state index contributed by atoms with van der Waals surface area (Å²) in [5.74, 6) is -5.82. The number of carbonyl (C=O) groups is 6. The van der Waals surface area contributed by atoms with Crippen molar-refractivity contribution in [1.82, 2.24) is 18.9 Å². The number of thioether (sulfide) groups is 1. The molecule has 0 radical (unpaired) electrons. The van der Waals surface area contributed by atoms with Crippen molar-refractivity contribution in [2.24, 2.45) is 23.1 Å². The van der Waals surface area contributed by atoms with Crippen molar-refractivity contribution >= 4 is 76.4 Å². The second-order valence-corrected chi connectivity index (χ2v) is 14.1. The quantitative estimate of drug-likeness (QED) is 0.0561. The lowest BCUT2D eigenvalue weighted by molar-refractivity contribution is -0.765. The highest BCUT2D eigenvalue weighted by atomic mass is 32.2. The van der Waals surface area contributed by atoms with E-state index >= 15 is 0 Å². The van der Waals surface area contributed by atoms with E-state index in [1.807, 2.05) is 0 Å². The van der Waals surface area contributed by atoms with Crippen LogP contribution in [-0.2, 0) is 53.6 Å². The number of nitrogens with two attached hydrogens (primary N) is 1. The minimum atomic E-state index is -1.78. The predicted octanol–water partition coefficient (Wildman–Crippen LogP) is -0.729. The molecular formula is C30H36N8O10S2. The number of fused-ring (bicyclic) bond motifs is 1. The standard InChI is InChI=1S/C30H36N8O10S2/c1-15-33-25(35-50-15)22(34-48-30(2,3)29(46)47)20(40)11-19-26(43)38-23(28(44)45)17(14-49-27(19)38)13-37-12-16(24(31)36(37)4)10-18(39)6-5-8-32-9-7-21(41)42/h9,12,19,27,31H,5-8,10-11,13-14H2,1-4H3,(H3,41,42,44,45,46,47)/b32-9?,34-22+/t19-,27-/m1/s1. The Balaban J connectivity index is 1.46. The van der Waals surface area contributed by atoms with E-state index in [2.05, 4.69) is 19.5 Å². The van der Waals surface area contributed by atoms with Crippen LogP contribution in [-0.4, -0.2) is 99.7 Å². The number of aliphatic carboxylic acids is 3. The summed E-state index contributed by atoms with van der Waals surface area (Å²) < 4.78 is 7.28. The Kier molecular flexibility index (Phi) is 11.9. The number of β-lactam (4-membered cyclic amide) rings is 1. The van der Waals surface area contributed by atoms with Gasteiger partial charge < -0.3 is 30.7 Å². The number of aryl methyl sites for hydroxylation is 1. The van der Waals surface area contributed by atoms with Crippen LogP contribution in [0, 0.1) is 12.8 Å². The van der Waals surface area contributed by atoms with Gasteiger partial charge in [0.25, 0.3) is 0 Å². The third-order valence-corrected chi connectivity index (χ3v) is 9.90. The third-order valence-electron chi connectivity index (χ3n) is 7.89. The number of rotatable bonds is 18. The Bertz CT molecular complexity index is 1810. The van der Waals surface area contributed by atoms with Crippen molar-refractivity contribution in [3.63, 3.8) is 0 Å². The summed E-state index contributed by atoms with van der Waals surface area (Å²) in [5, 5.41) is 34.0. The van der Waals surface area contributed by atoms with Gasteiger partial charge in [-0.1, -0.05) is 5.16 Å². The molecule has 1 amide bonds. The average Bonchev–Trinajstić information content (AvgIpc) is 3.58. The number of nitrogen functional groups attached to an aromatic ring is 1. The van der Waals surface area contributed by atoms with Crippen molar-refractivity contribution in [3.05, 3.63) is 33.9 Å². The first kappa shape index (κ1) is 37.8. The molecule has 4 heterocycles. The summed E-state index contributed by atoms with van der Waals surface area (Å²) in [7, 11) is 1.65. The number of carbonyl (C=O) groups excluding carboxylic acids is 4. The zero-order valence-corrected chi connectivity index (χ0v) is 29.3. The van der Waals surface area contributed by atoms with Crippen LogP contribution in [0.1, 0.15) is 55.9 Å². The molecule has 0 aliphatic carbocycles. The summed E-state index contributed by atoms with van der Waals surface area (Å²) in [5.41, 5.74) is 4.70. The van der Waals surface area contributed by atoms with E-state index in [0.717, 1.165) is 16.4 Å². The Morgan fingerprint density at radius 3 is 2.60 bits per heavy atom. The van der Waals surface area contributed by atoms with Gasteiger partial charge in [-0.05, 0) is 38.7 Å². The first-order chi connectivity index (χ1) is 23.5. The van der Waals surface area contributed by atoms with Gasteiger partial charge in [0.1, 0.15) is 10.8 Å². The Morgan fingerprint density at radius 2 is 1.98 bits per heavy atom. The van der Waals surface area contributed by atoms with Crippen molar-refractivity contribution in [3.8, 4) is 0 Å². The van der Waals surface area contributed by atoms with Gasteiger partial charge in [0, 0.05) is 43.3 Å². The van der Waals surface area contributed by atoms with Gasteiger partial charge in [0.15, 0.2) is 29.7 Å². The Hall–Kier alpha value is -4.98. The van der Waals surface area contributed by atoms with Gasteiger partial charge in [0.2, 0.25) is 17.7 Å². The number of amides is 1. The van der Waals surface area contributed by atoms with E-state index in [0.29, 0.717) is 34.9 Å². The van der Waals surface area contributed by atoms with Crippen molar-refractivity contribution in [2.45, 2.75) is 70.4 Å². The molecule has 0 spiro atoms. The van der Waals surface area contributed by atoms with E-state index in [1.54, 1.807) is 29.5 Å². The summed E-state index contributed by atoms with van der Waals surface area (Å²) in [6.07, 6.45) is 3.01. The van der Waals surface area contributed by atoms with Crippen LogP contribution in [0.25, 0.3) is 0 Å². The maximum absolute atomic E-state index is 13.4. The fourth-order valence-electron chi connectivity index (χ4n) is 5.10. The summed E-state index contributed by atoms with van der Waals surface area (Å²) in [6, 6.07) is 0. The number of ketones is 2. The van der Waals surface area contributed by atoms with Gasteiger partial charge in [-0.3, -0.25) is 29.1 Å². The number of aromatic nitrogens is 4. The fraction of sp³-hybridized carbons (Fsp3) is 0.500. The maximum Gasteiger partial charge on any atom is 0.350 e. The fourth-order valence-corrected chi connectivity index (χ4v) is 6.98. The van der Waals surface area contributed by atoms with E-state index in [1.165, 1.54) is 31.8 Å². The molecule has 2 atom stereocenters. The van der Waals surface area contributed by atoms with Crippen LogP contribution in [0.15, 0.2) is 27.6 Å². The molecule has 4 rings (SSSR count). The minimum Gasteiger partial charge on any atom is -0.543 e. The Morgan fingerprint density at radius 1 is 1.26 bits per heavy atom. The molecular weight excluding hydrogens is 697 g/mol. The molecule has 2 aromatic rings. The van der Waals surface area contributed by atoms with Gasteiger partial charge >= 0.3 is 11.9 Å². The second-order valence-electron chi connectivity index (χ2n) is 12.0. The number of carboxylic acids is 3. The normalized spacial score (nSPS) is 17.9. The lowest BCUT2D eigenvalue weighted by Gasteiger charge is -2.50. The van der Waals surface area contributed by atoms with Crippen LogP contribution in [0.4, 0.5) is 5.82 Å². The average molecular weight is 733 g/mol. The number of nitrogens with zero attached hydrogens (tertiary/aromatic N) is 7. The number of aliphatic imine (C=N–C) groups is 1. The van der Waals surface area contributed by atoms with Crippen LogP contribution in [0.5, 0.6) is 0 Å². The molecule has 4 N–H and O–H groups in total. The smallest absolute Gasteiger partial charge is 0.350 e. The highest BCUT2D eigenvalue weighted by Gasteiger charge is 2.53. The molecule has 0 aromatic carbocycles. The minimum absolute atomic E-state index is 0.0198. The van der Waals surface area contributed by atoms with E-state index in [9.17, 15) is 39.0 Å². The molecule has 0 bridgehead atoms. The molecule has 18 nitrogen and oxygen atoms in total. The van der Waals surface area contributed by atoms with Crippen LogP contribution in [0.2, 0.25) is 0 Å². The van der Waals surface area contributed by atoms with Crippen LogP contribution >= 0.6 is 23.3 Å². The van der Waals surface area contributed by atoms with Gasteiger partial charge in [-0.25, -0.2) is 9.78 Å². The number of Topliss-reactive ketones (excluding diaryl/α,β-unsaturated/α-hetero) is 2. The van der Waals surface area contributed by atoms with Crippen LogP contribution in [0.3, 0.4) is 0 Å². The monoisotopic (exact) mass is 732 g/mol. The molecule has 2 aromatic heterocycles. The van der Waals surface area contributed by atoms with Crippen molar-refractivity contribution in [1.29, 1.82) is 0 Å². The lowest BCUT2D eigenvalue weighted by Crippen LogP contribution is -2.63. The highest BCUT2D eigenvalue weighted by Crippen LogP contribution is 2.45. The van der Waals surface area contributed by atoms with Gasteiger partial charge in [0.05, 0.1) is 42.0 Å². The number of oxime groups is 1. The number of carboxylic acid groups (broad SMARTS) is 3. The van der Waals surface area contributed by atoms with Crippen molar-refractivity contribution < 1.29 is 53.6 Å². The first-order valence-corrected chi connectivity index (χ1v) is 17.1. The summed E-state index contributed by atoms with van der Waals surface area (Å²) in [6.45, 7) is 4.47. The summed E-state index contributed by atoms with van der Waals surface area (Å²) in [4.78, 5) is 88.2. The van der Waals surface area contributed by atoms with E-state index in [4.69, 9.17) is 15.7 Å². The Labute approximate surface area is 293 Å². The molecule has 1 fully saturated rings. The number of hydrogen-bond acceptors (Lipinski definition) is 15. The maximum atomic E-state index is 13.4.